The Kier molecular flexibility index (Phi) is 5.29. The molecule has 0 fully saturated rings. The zero-order valence-electron chi connectivity index (χ0n) is 12.2. The van der Waals surface area contributed by atoms with Crippen molar-refractivity contribution in [2.75, 3.05) is 0 Å². The summed E-state index contributed by atoms with van der Waals surface area (Å²) in [7, 11) is 0. The van der Waals surface area contributed by atoms with E-state index in [0.717, 1.165) is 23.4 Å². The van der Waals surface area contributed by atoms with Crippen molar-refractivity contribution in [2.45, 2.75) is 38.4 Å². The van der Waals surface area contributed by atoms with Gasteiger partial charge in [0.05, 0.1) is 4.83 Å². The third kappa shape index (κ3) is 3.27. The molecule has 0 aliphatic heterocycles. The summed E-state index contributed by atoms with van der Waals surface area (Å²) in [5.74, 6) is 0. The van der Waals surface area contributed by atoms with Crippen LogP contribution in [0.4, 0.5) is 0 Å². The molecule has 0 aliphatic carbocycles. The normalized spacial score (nSPS) is 12.4. The van der Waals surface area contributed by atoms with Gasteiger partial charge in [-0.05, 0) is 53.6 Å². The van der Waals surface area contributed by atoms with Gasteiger partial charge in [-0.15, -0.1) is 0 Å². The maximum Gasteiger partial charge on any atom is 0.0647 e. The number of alkyl halides is 1. The summed E-state index contributed by atoms with van der Waals surface area (Å²) in [6.07, 6.45) is 2.10. The van der Waals surface area contributed by atoms with Crippen molar-refractivity contribution >= 4 is 27.5 Å². The summed E-state index contributed by atoms with van der Waals surface area (Å²) in [6, 6.07) is 13.1. The van der Waals surface area contributed by atoms with Gasteiger partial charge in [-0.3, -0.25) is 0 Å². The lowest BCUT2D eigenvalue weighted by Gasteiger charge is -2.17. The number of benzene rings is 2. The van der Waals surface area contributed by atoms with Crippen molar-refractivity contribution in [3.05, 3.63) is 69.2 Å². The average Bonchev–Trinajstić information content (AvgIpc) is 2.48. The third-order valence-electron chi connectivity index (χ3n) is 3.76. The molecule has 2 aromatic carbocycles. The fourth-order valence-electron chi connectivity index (χ4n) is 2.37. The van der Waals surface area contributed by atoms with Crippen LogP contribution >= 0.6 is 27.5 Å². The molecule has 0 radical (unpaired) electrons. The van der Waals surface area contributed by atoms with Crippen molar-refractivity contribution in [3.63, 3.8) is 0 Å². The van der Waals surface area contributed by atoms with Crippen molar-refractivity contribution in [1.82, 2.24) is 0 Å². The molecule has 2 heteroatoms. The predicted molar refractivity (Wildman–Crippen MR) is 92.2 cm³/mol. The standard InChI is InChI=1S/C18H20BrCl/c1-4-13-7-9-14(5-2)16(10-13)18(19)15-8-6-12(3)17(20)11-15/h6-11,18H,4-5H2,1-3H3. The Morgan fingerprint density at radius 1 is 1.05 bits per heavy atom. The van der Waals surface area contributed by atoms with E-state index in [1.807, 2.05) is 6.92 Å². The highest BCUT2D eigenvalue weighted by Gasteiger charge is 2.15. The van der Waals surface area contributed by atoms with E-state index >= 15 is 0 Å². The van der Waals surface area contributed by atoms with Crippen LogP contribution in [0.15, 0.2) is 36.4 Å². The van der Waals surface area contributed by atoms with Gasteiger partial charge in [0.25, 0.3) is 0 Å². The van der Waals surface area contributed by atoms with Gasteiger partial charge < -0.3 is 0 Å². The first-order valence-electron chi connectivity index (χ1n) is 7.08. The highest BCUT2D eigenvalue weighted by atomic mass is 79.9. The van der Waals surface area contributed by atoms with E-state index in [2.05, 4.69) is 66.2 Å². The van der Waals surface area contributed by atoms with E-state index in [9.17, 15) is 0 Å². The monoisotopic (exact) mass is 350 g/mol. The molecule has 2 rings (SSSR count). The molecule has 1 atom stereocenters. The molecule has 0 spiro atoms. The van der Waals surface area contributed by atoms with Crippen molar-refractivity contribution < 1.29 is 0 Å². The van der Waals surface area contributed by atoms with Crippen LogP contribution in [0.5, 0.6) is 0 Å². The zero-order valence-corrected chi connectivity index (χ0v) is 14.6. The molecule has 0 nitrogen and oxygen atoms in total. The fourth-order valence-corrected chi connectivity index (χ4v) is 3.27. The topological polar surface area (TPSA) is 0 Å². The molecule has 0 amide bonds. The molecule has 106 valence electrons. The number of halogens is 2. The van der Waals surface area contributed by atoms with E-state index in [4.69, 9.17) is 11.6 Å². The van der Waals surface area contributed by atoms with E-state index in [-0.39, 0.29) is 4.83 Å². The van der Waals surface area contributed by atoms with Gasteiger partial charge in [-0.2, -0.15) is 0 Å². The maximum absolute atomic E-state index is 6.26. The first-order chi connectivity index (χ1) is 9.56. The second kappa shape index (κ2) is 6.78. The van der Waals surface area contributed by atoms with Crippen LogP contribution in [-0.2, 0) is 12.8 Å². The molecule has 0 bridgehead atoms. The fraction of sp³-hybridized carbons (Fsp3) is 0.333. The van der Waals surface area contributed by atoms with Crippen LogP contribution in [0, 0.1) is 6.92 Å². The smallest absolute Gasteiger partial charge is 0.0647 e. The Balaban J connectivity index is 2.45. The SMILES string of the molecule is CCc1ccc(CC)c(C(Br)c2ccc(C)c(Cl)c2)c1. The molecule has 0 saturated heterocycles. The summed E-state index contributed by atoms with van der Waals surface area (Å²) in [4.78, 5) is 0.196. The summed E-state index contributed by atoms with van der Waals surface area (Å²) < 4.78 is 0. The molecule has 0 saturated carbocycles. The van der Waals surface area contributed by atoms with E-state index < -0.39 is 0 Å². The molecule has 0 heterocycles. The summed E-state index contributed by atoms with van der Waals surface area (Å²) in [6.45, 7) is 6.42. The van der Waals surface area contributed by atoms with Gasteiger partial charge in [0, 0.05) is 5.02 Å². The molecule has 2 aromatic rings. The van der Waals surface area contributed by atoms with Crippen LogP contribution < -0.4 is 0 Å². The van der Waals surface area contributed by atoms with Gasteiger partial charge >= 0.3 is 0 Å². The molecular weight excluding hydrogens is 332 g/mol. The molecule has 0 N–H and O–H groups in total. The molecule has 1 unspecified atom stereocenters. The van der Waals surface area contributed by atoms with Crippen LogP contribution in [0.1, 0.15) is 46.5 Å². The highest BCUT2D eigenvalue weighted by molar-refractivity contribution is 9.09. The van der Waals surface area contributed by atoms with Crippen LogP contribution in [-0.4, -0.2) is 0 Å². The Morgan fingerprint density at radius 2 is 1.80 bits per heavy atom. The lowest BCUT2D eigenvalue weighted by atomic mass is 9.95. The van der Waals surface area contributed by atoms with Gasteiger partial charge in [0.15, 0.2) is 0 Å². The largest absolute Gasteiger partial charge is 0.0840 e. The minimum atomic E-state index is 0.196. The first kappa shape index (κ1) is 15.6. The minimum Gasteiger partial charge on any atom is -0.0840 e. The second-order valence-electron chi connectivity index (χ2n) is 5.11. The van der Waals surface area contributed by atoms with Gasteiger partial charge in [-0.1, -0.05) is 71.7 Å². The number of rotatable bonds is 4. The molecule has 0 aliphatic rings. The van der Waals surface area contributed by atoms with E-state index in [0.29, 0.717) is 0 Å². The van der Waals surface area contributed by atoms with Crippen LogP contribution in [0.25, 0.3) is 0 Å². The number of hydrogen-bond acceptors (Lipinski definition) is 0. The summed E-state index contributed by atoms with van der Waals surface area (Å²) in [5.41, 5.74) is 6.45. The van der Waals surface area contributed by atoms with Crippen molar-refractivity contribution in [2.24, 2.45) is 0 Å². The lowest BCUT2D eigenvalue weighted by molar-refractivity contribution is 1.03. The van der Waals surface area contributed by atoms with Crippen molar-refractivity contribution in [1.29, 1.82) is 0 Å². The maximum atomic E-state index is 6.26. The van der Waals surface area contributed by atoms with E-state index in [1.54, 1.807) is 0 Å². The molecule has 20 heavy (non-hydrogen) atoms. The highest BCUT2D eigenvalue weighted by Crippen LogP contribution is 2.35. The lowest BCUT2D eigenvalue weighted by Crippen LogP contribution is -2.00. The number of hydrogen-bond donors (Lipinski definition) is 0. The first-order valence-corrected chi connectivity index (χ1v) is 8.38. The van der Waals surface area contributed by atoms with Gasteiger partial charge in [0.2, 0.25) is 0 Å². The summed E-state index contributed by atoms with van der Waals surface area (Å²) in [5, 5.41) is 0.830. The summed E-state index contributed by atoms with van der Waals surface area (Å²) >= 11 is 10.1. The minimum absolute atomic E-state index is 0.196. The Morgan fingerprint density at radius 3 is 2.40 bits per heavy atom. The Labute approximate surface area is 135 Å². The van der Waals surface area contributed by atoms with Crippen LogP contribution in [0.3, 0.4) is 0 Å². The number of aryl methyl sites for hydroxylation is 3. The average molecular weight is 352 g/mol. The van der Waals surface area contributed by atoms with Crippen molar-refractivity contribution in [3.8, 4) is 0 Å². The Bertz CT molecular complexity index is 604. The van der Waals surface area contributed by atoms with Gasteiger partial charge in [0.1, 0.15) is 0 Å². The quantitative estimate of drug-likeness (QED) is 0.570. The Hall–Kier alpha value is -0.790. The molecule has 0 aromatic heterocycles. The van der Waals surface area contributed by atoms with Crippen LogP contribution in [0.2, 0.25) is 5.02 Å². The van der Waals surface area contributed by atoms with E-state index in [1.165, 1.54) is 22.3 Å². The molecular formula is C18H20BrCl. The zero-order chi connectivity index (χ0) is 14.7. The third-order valence-corrected chi connectivity index (χ3v) is 5.19. The van der Waals surface area contributed by atoms with Gasteiger partial charge in [-0.25, -0.2) is 0 Å². The predicted octanol–water partition coefficient (Wildman–Crippen LogP) is 6.26. The second-order valence-corrected chi connectivity index (χ2v) is 6.43.